The second-order valence-electron chi connectivity index (χ2n) is 6.17. The zero-order chi connectivity index (χ0) is 15.2. The van der Waals surface area contributed by atoms with Crippen LogP contribution in [0.1, 0.15) is 53.0 Å². The van der Waals surface area contributed by atoms with E-state index in [0.717, 1.165) is 13.1 Å². The predicted molar refractivity (Wildman–Crippen MR) is 88.8 cm³/mol. The fourth-order valence-electron chi connectivity index (χ4n) is 3.16. The van der Waals surface area contributed by atoms with Gasteiger partial charge in [0, 0.05) is 6.04 Å². The molecule has 0 saturated carbocycles. The van der Waals surface area contributed by atoms with Crippen molar-refractivity contribution in [3.8, 4) is 0 Å². The van der Waals surface area contributed by atoms with Gasteiger partial charge in [-0.3, -0.25) is 4.90 Å². The van der Waals surface area contributed by atoms with E-state index in [9.17, 15) is 0 Å². The fraction of sp³-hybridized carbons (Fsp3) is 0.667. The summed E-state index contributed by atoms with van der Waals surface area (Å²) in [5.41, 5.74) is 7.88. The first-order valence-corrected chi connectivity index (χ1v) is 8.06. The van der Waals surface area contributed by atoms with Crippen LogP contribution in [0.3, 0.4) is 0 Å². The lowest BCUT2D eigenvalue weighted by Crippen LogP contribution is -2.58. The second-order valence-corrected chi connectivity index (χ2v) is 6.17. The lowest BCUT2D eigenvalue weighted by atomic mass is 9.75. The van der Waals surface area contributed by atoms with E-state index in [4.69, 9.17) is 5.73 Å². The minimum Gasteiger partial charge on any atom is -0.320 e. The van der Waals surface area contributed by atoms with E-state index in [0.29, 0.717) is 12.0 Å². The summed E-state index contributed by atoms with van der Waals surface area (Å²) >= 11 is 0. The highest BCUT2D eigenvalue weighted by molar-refractivity contribution is 5.27. The highest BCUT2D eigenvalue weighted by Gasteiger charge is 2.39. The molecule has 0 heterocycles. The molecule has 2 unspecified atom stereocenters. The van der Waals surface area contributed by atoms with Crippen LogP contribution in [0.15, 0.2) is 30.3 Å². The Morgan fingerprint density at radius 1 is 1.00 bits per heavy atom. The summed E-state index contributed by atoms with van der Waals surface area (Å²) in [5.74, 6) is 0.399. The van der Waals surface area contributed by atoms with E-state index < -0.39 is 0 Å². The van der Waals surface area contributed by atoms with Crippen LogP contribution in [0.25, 0.3) is 0 Å². The van der Waals surface area contributed by atoms with Crippen LogP contribution in [-0.4, -0.2) is 24.0 Å². The van der Waals surface area contributed by atoms with Gasteiger partial charge in [0.15, 0.2) is 0 Å². The van der Waals surface area contributed by atoms with Crippen LogP contribution in [0.2, 0.25) is 0 Å². The molecule has 0 bridgehead atoms. The molecule has 1 aromatic rings. The molecule has 2 heteroatoms. The van der Waals surface area contributed by atoms with Crippen molar-refractivity contribution in [3.05, 3.63) is 35.9 Å². The number of benzene rings is 1. The maximum absolute atomic E-state index is 6.93. The van der Waals surface area contributed by atoms with Gasteiger partial charge in [0.05, 0.1) is 5.54 Å². The smallest absolute Gasteiger partial charge is 0.0587 e. The number of nitrogens with zero attached hydrogens (tertiary/aromatic N) is 1. The van der Waals surface area contributed by atoms with Gasteiger partial charge >= 0.3 is 0 Å². The van der Waals surface area contributed by atoms with E-state index in [1.165, 1.54) is 18.4 Å². The predicted octanol–water partition coefficient (Wildman–Crippen LogP) is 4.01. The van der Waals surface area contributed by atoms with E-state index in [1.54, 1.807) is 0 Å². The van der Waals surface area contributed by atoms with Crippen molar-refractivity contribution in [3.63, 3.8) is 0 Å². The van der Waals surface area contributed by atoms with Crippen molar-refractivity contribution < 1.29 is 0 Å². The zero-order valence-corrected chi connectivity index (χ0v) is 13.9. The fourth-order valence-corrected chi connectivity index (χ4v) is 3.16. The van der Waals surface area contributed by atoms with Crippen LogP contribution in [0, 0.1) is 5.92 Å². The van der Waals surface area contributed by atoms with Gasteiger partial charge in [0.2, 0.25) is 0 Å². The van der Waals surface area contributed by atoms with E-state index >= 15 is 0 Å². The molecule has 0 aliphatic heterocycles. The summed E-state index contributed by atoms with van der Waals surface area (Å²) in [7, 11) is 0. The van der Waals surface area contributed by atoms with Gasteiger partial charge in [-0.05, 0) is 44.3 Å². The largest absolute Gasteiger partial charge is 0.320 e. The molecule has 0 fully saturated rings. The topological polar surface area (TPSA) is 29.3 Å². The molecular weight excluding hydrogens is 244 g/mol. The van der Waals surface area contributed by atoms with Gasteiger partial charge < -0.3 is 5.73 Å². The van der Waals surface area contributed by atoms with Gasteiger partial charge in [-0.2, -0.15) is 0 Å². The normalized spacial score (nSPS) is 16.4. The molecule has 0 saturated heterocycles. The lowest BCUT2D eigenvalue weighted by Gasteiger charge is -2.45. The van der Waals surface area contributed by atoms with Crippen molar-refractivity contribution in [2.45, 2.75) is 59.0 Å². The monoisotopic (exact) mass is 276 g/mol. The summed E-state index contributed by atoms with van der Waals surface area (Å²) in [5, 5.41) is 0. The van der Waals surface area contributed by atoms with Crippen LogP contribution < -0.4 is 5.73 Å². The molecule has 1 aromatic carbocycles. The first-order valence-electron chi connectivity index (χ1n) is 8.06. The van der Waals surface area contributed by atoms with Gasteiger partial charge in [0.25, 0.3) is 0 Å². The Bertz CT molecular complexity index is 368. The molecule has 2 atom stereocenters. The van der Waals surface area contributed by atoms with Gasteiger partial charge in [-0.25, -0.2) is 0 Å². The van der Waals surface area contributed by atoms with Gasteiger partial charge in [0.1, 0.15) is 0 Å². The van der Waals surface area contributed by atoms with Crippen molar-refractivity contribution in [1.82, 2.24) is 4.90 Å². The summed E-state index contributed by atoms with van der Waals surface area (Å²) in [6.45, 7) is 13.5. The second kappa shape index (κ2) is 7.80. The molecule has 2 N–H and O–H groups in total. The third-order valence-electron chi connectivity index (χ3n) is 4.49. The SMILES string of the molecule is CCCN(CCC)C(C)C(N)(c1ccccc1)C(C)C. The number of hydrogen-bond acceptors (Lipinski definition) is 2. The van der Waals surface area contributed by atoms with E-state index in [-0.39, 0.29) is 5.54 Å². The third-order valence-corrected chi connectivity index (χ3v) is 4.49. The molecule has 2 nitrogen and oxygen atoms in total. The molecule has 0 amide bonds. The van der Waals surface area contributed by atoms with Crippen molar-refractivity contribution >= 4 is 0 Å². The first-order chi connectivity index (χ1) is 9.48. The quantitative estimate of drug-likeness (QED) is 0.777. The molecular formula is C18H32N2. The lowest BCUT2D eigenvalue weighted by molar-refractivity contribution is 0.0991. The number of rotatable bonds is 8. The molecule has 0 radical (unpaired) electrons. The summed E-state index contributed by atoms with van der Waals surface area (Å²) in [4.78, 5) is 2.55. The minimum absolute atomic E-state index is 0.300. The highest BCUT2D eigenvalue weighted by atomic mass is 15.2. The highest BCUT2D eigenvalue weighted by Crippen LogP contribution is 2.33. The summed E-state index contributed by atoms with van der Waals surface area (Å²) in [6, 6.07) is 10.9. The maximum atomic E-state index is 6.93. The minimum atomic E-state index is -0.300. The maximum Gasteiger partial charge on any atom is 0.0587 e. The van der Waals surface area contributed by atoms with Crippen molar-refractivity contribution in [1.29, 1.82) is 0 Å². The number of nitrogens with two attached hydrogens (primary N) is 1. The first kappa shape index (κ1) is 17.2. The Balaban J connectivity index is 3.11. The third kappa shape index (κ3) is 3.62. The summed E-state index contributed by atoms with van der Waals surface area (Å²) in [6.07, 6.45) is 2.35. The molecule has 0 aliphatic rings. The van der Waals surface area contributed by atoms with Crippen molar-refractivity contribution in [2.24, 2.45) is 11.7 Å². The van der Waals surface area contributed by atoms with Crippen LogP contribution >= 0.6 is 0 Å². The average Bonchev–Trinajstić information content (AvgIpc) is 2.46. The Morgan fingerprint density at radius 3 is 1.90 bits per heavy atom. The molecule has 0 aliphatic carbocycles. The zero-order valence-electron chi connectivity index (χ0n) is 13.9. The molecule has 114 valence electrons. The molecule has 0 aromatic heterocycles. The Labute approximate surface area is 125 Å². The van der Waals surface area contributed by atoms with Gasteiger partial charge in [-0.15, -0.1) is 0 Å². The van der Waals surface area contributed by atoms with Crippen LogP contribution in [0.5, 0.6) is 0 Å². The Hall–Kier alpha value is -0.860. The number of hydrogen-bond donors (Lipinski definition) is 1. The van der Waals surface area contributed by atoms with E-state index in [2.05, 4.69) is 69.9 Å². The average molecular weight is 276 g/mol. The molecule has 1 rings (SSSR count). The summed E-state index contributed by atoms with van der Waals surface area (Å²) < 4.78 is 0. The Kier molecular flexibility index (Phi) is 6.70. The van der Waals surface area contributed by atoms with Crippen LogP contribution in [-0.2, 0) is 5.54 Å². The van der Waals surface area contributed by atoms with E-state index in [1.807, 2.05) is 0 Å². The standard InChI is InChI=1S/C18H32N2/c1-6-13-20(14-7-2)16(5)18(19,15(3)4)17-11-9-8-10-12-17/h8-12,15-16H,6-7,13-14,19H2,1-5H3. The van der Waals surface area contributed by atoms with Crippen molar-refractivity contribution in [2.75, 3.05) is 13.1 Å². The van der Waals surface area contributed by atoms with Gasteiger partial charge in [-0.1, -0.05) is 58.0 Å². The Morgan fingerprint density at radius 2 is 1.50 bits per heavy atom. The molecule has 0 spiro atoms. The molecule has 20 heavy (non-hydrogen) atoms. The van der Waals surface area contributed by atoms with Crippen LogP contribution in [0.4, 0.5) is 0 Å².